The minimum absolute atomic E-state index is 0.647. The van der Waals surface area contributed by atoms with Crippen LogP contribution in [-0.2, 0) is 6.42 Å². The molecule has 0 aliphatic carbocycles. The first-order valence-corrected chi connectivity index (χ1v) is 17.3. The van der Waals surface area contributed by atoms with Crippen LogP contribution in [-0.4, -0.2) is 18.1 Å². The number of hydrazine groups is 2. The molecule has 10 heteroatoms. The molecule has 0 atom stereocenters. The van der Waals surface area contributed by atoms with Crippen LogP contribution in [0.15, 0.2) is 88.4 Å². The average Bonchev–Trinajstić information content (AvgIpc) is 3.85. The summed E-state index contributed by atoms with van der Waals surface area (Å²) in [5, 5.41) is 14.0. The number of benzene rings is 3. The fourth-order valence-corrected chi connectivity index (χ4v) is 6.82. The highest BCUT2D eigenvalue weighted by Gasteiger charge is 2.14. The lowest BCUT2D eigenvalue weighted by Crippen LogP contribution is -2.15. The quantitative estimate of drug-likeness (QED) is 0.0760. The van der Waals surface area contributed by atoms with Crippen molar-refractivity contribution in [2.24, 2.45) is 10.2 Å². The number of azo groups is 1. The van der Waals surface area contributed by atoms with Crippen LogP contribution in [0.25, 0.3) is 11.3 Å². The molecule has 3 heterocycles. The molecule has 0 amide bonds. The minimum atomic E-state index is 0.647. The Hall–Kier alpha value is -4.41. The third-order valence-corrected chi connectivity index (χ3v) is 9.69. The van der Waals surface area contributed by atoms with Crippen LogP contribution < -0.4 is 26.6 Å². The molecule has 1 saturated heterocycles. The van der Waals surface area contributed by atoms with Crippen LogP contribution in [0.5, 0.6) is 0 Å². The maximum Gasteiger partial charge on any atom is 0.230 e. The van der Waals surface area contributed by atoms with Gasteiger partial charge in [0.05, 0.1) is 33.4 Å². The predicted molar refractivity (Wildman–Crippen MR) is 193 cm³/mol. The Kier molecular flexibility index (Phi) is 9.92. The summed E-state index contributed by atoms with van der Waals surface area (Å²) in [7, 11) is 0. The predicted octanol–water partition coefficient (Wildman–Crippen LogP) is 10.7. The van der Waals surface area contributed by atoms with Crippen LogP contribution in [0.1, 0.15) is 49.3 Å². The van der Waals surface area contributed by atoms with E-state index in [0.29, 0.717) is 5.13 Å². The maximum absolute atomic E-state index is 4.68. The summed E-state index contributed by atoms with van der Waals surface area (Å²) >= 11 is 3.29. The summed E-state index contributed by atoms with van der Waals surface area (Å²) in [6.07, 6.45) is 6.12. The Balaban J connectivity index is 1.00. The Morgan fingerprint density at radius 2 is 1.56 bits per heavy atom. The van der Waals surface area contributed by atoms with Crippen LogP contribution >= 0.6 is 22.7 Å². The van der Waals surface area contributed by atoms with Crippen molar-refractivity contribution in [3.05, 3.63) is 94.9 Å². The van der Waals surface area contributed by atoms with E-state index >= 15 is 0 Å². The third-order valence-electron chi connectivity index (χ3n) is 7.91. The van der Waals surface area contributed by atoms with Crippen molar-refractivity contribution in [3.63, 3.8) is 0 Å². The molecule has 1 aliphatic rings. The molecular weight excluding hydrogens is 597 g/mol. The van der Waals surface area contributed by atoms with Crippen LogP contribution in [0, 0.1) is 13.8 Å². The topological polar surface area (TPSA) is 89.0 Å². The molecule has 6 rings (SSSR count). The molecule has 1 fully saturated rings. The van der Waals surface area contributed by atoms with Crippen molar-refractivity contribution < 1.29 is 0 Å². The molecule has 0 unspecified atom stereocenters. The first kappa shape index (κ1) is 30.6. The zero-order chi connectivity index (χ0) is 31.0. The molecule has 232 valence electrons. The normalized spacial score (nSPS) is 13.0. The van der Waals surface area contributed by atoms with Gasteiger partial charge in [-0.25, -0.2) is 4.98 Å². The maximum atomic E-state index is 4.68. The van der Waals surface area contributed by atoms with Crippen molar-refractivity contribution in [3.8, 4) is 11.3 Å². The van der Waals surface area contributed by atoms with Gasteiger partial charge in [-0.05, 0) is 105 Å². The summed E-state index contributed by atoms with van der Waals surface area (Å²) in [6, 6.07) is 25.3. The summed E-state index contributed by atoms with van der Waals surface area (Å²) in [5.74, 6) is 0. The summed E-state index contributed by atoms with van der Waals surface area (Å²) < 4.78 is 0. The molecule has 4 N–H and O–H groups in total. The standard InChI is InChI=1S/C35H40N8S2/c1-4-5-8-26-9-11-27(12-10-26)32-23-44-35(36-32)42-40-31-16-13-28(21-25(31)3)37-39-30-15-14-29(22-24(30)2)38-41-33-17-18-34(45-33)43-19-6-7-20-43/h9-18,21-23,37-39,41H,4-8,19-20H2,1-3H3. The van der Waals surface area contributed by atoms with Gasteiger partial charge in [-0.1, -0.05) is 48.9 Å². The summed E-state index contributed by atoms with van der Waals surface area (Å²) in [4.78, 5) is 7.14. The number of hydrogen-bond donors (Lipinski definition) is 4. The largest absolute Gasteiger partial charge is 0.363 e. The second kappa shape index (κ2) is 14.6. The molecule has 8 nitrogen and oxygen atoms in total. The molecule has 3 aromatic carbocycles. The van der Waals surface area contributed by atoms with E-state index in [9.17, 15) is 0 Å². The lowest BCUT2D eigenvalue weighted by Gasteiger charge is -2.15. The van der Waals surface area contributed by atoms with Crippen LogP contribution in [0.4, 0.5) is 37.9 Å². The zero-order valence-corrected chi connectivity index (χ0v) is 27.7. The summed E-state index contributed by atoms with van der Waals surface area (Å²) in [5.41, 5.74) is 22.6. The summed E-state index contributed by atoms with van der Waals surface area (Å²) in [6.45, 7) is 8.67. The number of aryl methyl sites for hydroxylation is 3. The number of anilines is 5. The lowest BCUT2D eigenvalue weighted by molar-refractivity contribution is 0.795. The molecular formula is C35H40N8S2. The van der Waals surface area contributed by atoms with E-state index in [1.54, 1.807) is 11.3 Å². The monoisotopic (exact) mass is 636 g/mol. The van der Waals surface area contributed by atoms with Crippen LogP contribution in [0.2, 0.25) is 0 Å². The highest BCUT2D eigenvalue weighted by molar-refractivity contribution is 7.20. The molecule has 0 saturated carbocycles. The van der Waals surface area contributed by atoms with Gasteiger partial charge in [0, 0.05) is 24.0 Å². The van der Waals surface area contributed by atoms with Gasteiger partial charge in [0.15, 0.2) is 0 Å². The van der Waals surface area contributed by atoms with Gasteiger partial charge in [-0.3, -0.25) is 5.43 Å². The Bertz CT molecular complexity index is 1730. The van der Waals surface area contributed by atoms with E-state index in [4.69, 9.17) is 0 Å². The van der Waals surface area contributed by atoms with Crippen LogP contribution in [0.3, 0.4) is 0 Å². The molecule has 5 aromatic rings. The first-order valence-electron chi connectivity index (χ1n) is 15.6. The molecule has 0 bridgehead atoms. The molecule has 2 aromatic heterocycles. The SMILES string of the molecule is CCCCc1ccc(-c2csc(N=Nc3ccc(NNc4ccc(NNc5ccc(N6CCCC6)s5)cc4C)cc3C)n2)cc1. The number of nitrogens with one attached hydrogen (secondary N) is 4. The Morgan fingerprint density at radius 1 is 0.800 bits per heavy atom. The number of nitrogens with zero attached hydrogens (tertiary/aromatic N) is 4. The molecule has 0 radical (unpaired) electrons. The van der Waals surface area contributed by atoms with E-state index in [1.165, 1.54) is 47.6 Å². The highest BCUT2D eigenvalue weighted by Crippen LogP contribution is 2.33. The van der Waals surface area contributed by atoms with Gasteiger partial charge in [0.2, 0.25) is 5.13 Å². The van der Waals surface area contributed by atoms with Gasteiger partial charge in [-0.2, -0.15) is 0 Å². The van der Waals surface area contributed by atoms with Crippen molar-refractivity contribution in [2.75, 3.05) is 39.7 Å². The van der Waals surface area contributed by atoms with Crippen molar-refractivity contribution in [2.45, 2.75) is 52.9 Å². The van der Waals surface area contributed by atoms with E-state index in [0.717, 1.165) is 69.6 Å². The Morgan fingerprint density at radius 3 is 2.31 bits per heavy atom. The van der Waals surface area contributed by atoms with Crippen molar-refractivity contribution in [1.82, 2.24) is 4.98 Å². The zero-order valence-electron chi connectivity index (χ0n) is 26.1. The van der Waals surface area contributed by atoms with E-state index in [1.807, 2.05) is 24.4 Å². The van der Waals surface area contributed by atoms with E-state index in [-0.39, 0.29) is 0 Å². The second-order valence-corrected chi connectivity index (χ2v) is 13.3. The average molecular weight is 637 g/mol. The first-order chi connectivity index (χ1) is 22.0. The van der Waals surface area contributed by atoms with E-state index in [2.05, 4.69) is 116 Å². The number of hydrogen-bond acceptors (Lipinski definition) is 10. The van der Waals surface area contributed by atoms with Gasteiger partial charge in [0.25, 0.3) is 0 Å². The van der Waals surface area contributed by atoms with Gasteiger partial charge < -0.3 is 21.2 Å². The van der Waals surface area contributed by atoms with Crippen molar-refractivity contribution in [1.29, 1.82) is 0 Å². The molecule has 45 heavy (non-hydrogen) atoms. The number of thiazole rings is 1. The van der Waals surface area contributed by atoms with Gasteiger partial charge >= 0.3 is 0 Å². The highest BCUT2D eigenvalue weighted by atomic mass is 32.1. The number of rotatable bonds is 13. The fraction of sp³-hybridized carbons (Fsp3) is 0.286. The fourth-order valence-electron chi connectivity index (χ4n) is 5.27. The van der Waals surface area contributed by atoms with Gasteiger partial charge in [0.1, 0.15) is 5.00 Å². The lowest BCUT2D eigenvalue weighted by atomic mass is 10.1. The van der Waals surface area contributed by atoms with Gasteiger partial charge in [-0.15, -0.1) is 21.6 Å². The molecule has 0 spiro atoms. The second-order valence-electron chi connectivity index (χ2n) is 11.4. The smallest absolute Gasteiger partial charge is 0.230 e. The number of aromatic nitrogens is 1. The van der Waals surface area contributed by atoms with Crippen molar-refractivity contribution >= 4 is 60.6 Å². The number of thiophene rings is 1. The van der Waals surface area contributed by atoms with E-state index < -0.39 is 0 Å². The Labute approximate surface area is 273 Å². The molecule has 1 aliphatic heterocycles. The number of unbranched alkanes of at least 4 members (excludes halogenated alkanes) is 1. The minimum Gasteiger partial charge on any atom is -0.363 e. The third kappa shape index (κ3) is 8.01.